The fraction of sp³-hybridized carbons (Fsp3) is 0.181. The summed E-state index contributed by atoms with van der Waals surface area (Å²) in [6, 6.07) is 75.3. The molecule has 12 rings (SSSR count). The molecule has 3 heterocycles. The molecule has 0 saturated heterocycles. The first-order valence-corrected chi connectivity index (χ1v) is 27.1. The van der Waals surface area contributed by atoms with Crippen LogP contribution in [0.15, 0.2) is 188 Å². The van der Waals surface area contributed by atoms with E-state index in [1.165, 1.54) is 59.1 Å². The van der Waals surface area contributed by atoms with Gasteiger partial charge in [0.05, 0.1) is 23.3 Å². The molecule has 0 amide bonds. The van der Waals surface area contributed by atoms with Crippen LogP contribution in [-0.4, -0.2) is 15.0 Å². The third kappa shape index (κ3) is 10.8. The summed E-state index contributed by atoms with van der Waals surface area (Å²) in [7, 11) is 0. The van der Waals surface area contributed by atoms with Gasteiger partial charge in [0.1, 0.15) is 0 Å². The molecule has 5 nitrogen and oxygen atoms in total. The van der Waals surface area contributed by atoms with Crippen molar-refractivity contribution in [3.8, 4) is 90.4 Å². The fourth-order valence-electron chi connectivity index (χ4n) is 11.9. The van der Waals surface area contributed by atoms with Gasteiger partial charge >= 0.3 is 20.1 Å². The van der Waals surface area contributed by atoms with E-state index in [0.29, 0.717) is 5.56 Å². The molecule has 3 aromatic heterocycles. The molecular weight excluding hydrogens is 1130 g/mol. The van der Waals surface area contributed by atoms with Crippen LogP contribution in [0, 0.1) is 40.9 Å². The Bertz CT molecular complexity index is 3740. The van der Waals surface area contributed by atoms with Gasteiger partial charge in [-0.2, -0.15) is 10.5 Å². The van der Waals surface area contributed by atoms with Crippen molar-refractivity contribution in [2.75, 3.05) is 0 Å². The summed E-state index contributed by atoms with van der Waals surface area (Å²) in [5.74, 6) is 0. The second-order valence-corrected chi connectivity index (χ2v) is 21.1. The molecule has 1 fully saturated rings. The average molecular weight is 1180 g/mol. The van der Waals surface area contributed by atoms with Crippen LogP contribution < -0.4 is 0 Å². The van der Waals surface area contributed by atoms with Crippen LogP contribution in [0.2, 0.25) is 0 Å². The Morgan fingerprint density at radius 3 is 1.65 bits per heavy atom. The van der Waals surface area contributed by atoms with Gasteiger partial charge in [-0.1, -0.05) is 146 Å². The van der Waals surface area contributed by atoms with Crippen molar-refractivity contribution in [3.05, 3.63) is 257 Å². The number of hydrogen-bond acceptors (Lipinski definition) is 5. The van der Waals surface area contributed by atoms with Gasteiger partial charge in [0.15, 0.2) is 0 Å². The molecule has 378 valence electrons. The molecule has 2 aliphatic carbocycles. The number of fused-ring (bicyclic) bond motifs is 1. The normalized spacial score (nSPS) is 13.3. The number of aromatic nitrogens is 3. The van der Waals surface area contributed by atoms with Gasteiger partial charge in [-0.15, -0.1) is 94.5 Å². The first kappa shape index (κ1) is 51.7. The summed E-state index contributed by atoms with van der Waals surface area (Å²) >= 11 is 0. The zero-order valence-corrected chi connectivity index (χ0v) is 46.1. The zero-order valence-electron chi connectivity index (χ0n) is 43.7. The number of hydrogen-bond donors (Lipinski definition) is 0. The molecule has 0 bridgehead atoms. The van der Waals surface area contributed by atoms with Crippen LogP contribution in [0.5, 0.6) is 0 Å². The molecule has 0 unspecified atom stereocenters. The van der Waals surface area contributed by atoms with Crippen molar-refractivity contribution < 1.29 is 20.1 Å². The maximum atomic E-state index is 11.1. The van der Waals surface area contributed by atoms with E-state index < -0.39 is 0 Å². The van der Waals surface area contributed by atoms with Crippen LogP contribution >= 0.6 is 0 Å². The van der Waals surface area contributed by atoms with E-state index in [1.54, 1.807) is 0 Å². The van der Waals surface area contributed by atoms with Gasteiger partial charge in [0, 0.05) is 18.6 Å². The molecule has 6 heteroatoms. The maximum absolute atomic E-state index is 11.1. The molecule has 1 saturated carbocycles. The quantitative estimate of drug-likeness (QED) is 0.101. The van der Waals surface area contributed by atoms with Crippen LogP contribution in [-0.2, 0) is 64.0 Å². The molecule has 10 aromatic rings. The van der Waals surface area contributed by atoms with E-state index in [1.807, 2.05) is 60.9 Å². The average Bonchev–Trinajstić information content (AvgIpc) is 4.21. The molecule has 2 aliphatic rings. The summed E-state index contributed by atoms with van der Waals surface area (Å²) in [6.45, 7) is 2.37. The molecule has 0 spiro atoms. The SMILES string of the molecule is CC1(c2ccc(-c3[c-]cc(-c4ccccc4-c4cc(CCc5c[c-]c(-c6ccccn6)cc5)cc(CCc5c[c-]c(-c6ccccn6)cc5)c4)c(-c4ccc(-c5ccc(C#N)c6c5CCC6)cc4C#N)c3)nc2)CCCC1.[Ir+3]. The van der Waals surface area contributed by atoms with E-state index in [2.05, 4.69) is 175 Å². The van der Waals surface area contributed by atoms with Crippen molar-refractivity contribution in [1.29, 1.82) is 10.5 Å². The van der Waals surface area contributed by atoms with Crippen molar-refractivity contribution in [2.45, 2.75) is 83.0 Å². The van der Waals surface area contributed by atoms with Crippen LogP contribution in [0.25, 0.3) is 78.3 Å². The van der Waals surface area contributed by atoms with Crippen molar-refractivity contribution in [3.63, 3.8) is 0 Å². The van der Waals surface area contributed by atoms with E-state index in [0.717, 1.165) is 134 Å². The molecule has 7 aromatic carbocycles. The first-order chi connectivity index (χ1) is 37.9. The second-order valence-electron chi connectivity index (χ2n) is 21.1. The summed E-state index contributed by atoms with van der Waals surface area (Å²) in [5.41, 5.74) is 23.8. The third-order valence-corrected chi connectivity index (χ3v) is 16.2. The van der Waals surface area contributed by atoms with Gasteiger partial charge in [-0.3, -0.25) is 0 Å². The minimum atomic E-state index is 0. The Balaban J connectivity index is 0.00000645. The van der Waals surface area contributed by atoms with Crippen molar-refractivity contribution in [1.82, 2.24) is 15.0 Å². The van der Waals surface area contributed by atoms with Crippen LogP contribution in [0.1, 0.15) is 89.1 Å². The number of nitrogens with zero attached hydrogens (tertiary/aromatic N) is 5. The number of rotatable bonds is 14. The Hall–Kier alpha value is -8.38. The fourth-order valence-corrected chi connectivity index (χ4v) is 11.9. The maximum Gasteiger partial charge on any atom is 3.00 e. The molecule has 78 heavy (non-hydrogen) atoms. The van der Waals surface area contributed by atoms with Gasteiger partial charge in [-0.25, -0.2) is 0 Å². The first-order valence-electron chi connectivity index (χ1n) is 27.1. The largest absolute Gasteiger partial charge is 3.00 e. The summed E-state index contributed by atoms with van der Waals surface area (Å²) in [5, 5.41) is 21.0. The number of benzene rings is 7. The van der Waals surface area contributed by atoms with Crippen LogP contribution in [0.3, 0.4) is 0 Å². The molecule has 0 N–H and O–H groups in total. The van der Waals surface area contributed by atoms with Gasteiger partial charge in [0.25, 0.3) is 0 Å². The monoisotopic (exact) mass is 1180 g/mol. The van der Waals surface area contributed by atoms with Crippen molar-refractivity contribution in [2.24, 2.45) is 0 Å². The van der Waals surface area contributed by atoms with Gasteiger partial charge in [0.2, 0.25) is 0 Å². The van der Waals surface area contributed by atoms with Gasteiger partial charge < -0.3 is 15.0 Å². The number of aryl methyl sites for hydroxylation is 4. The Kier molecular flexibility index (Phi) is 15.3. The third-order valence-electron chi connectivity index (χ3n) is 16.2. The van der Waals surface area contributed by atoms with E-state index in [4.69, 9.17) is 4.98 Å². The molecule has 0 atom stereocenters. The van der Waals surface area contributed by atoms with Gasteiger partial charge in [-0.05, 0) is 147 Å². The molecule has 0 radical (unpaired) electrons. The minimum absolute atomic E-state index is 0. The standard InChI is InChI=1S/C72H56N5.Ir/c1-72(37-6-7-38-72)60-32-36-71(77-48-60)56-30-35-67(68(45-56)64-33-29-55(44-59(64)47-74)63-34-31-57(46-73)61-13-10-14-65(61)63)66-12-3-2-11-62(66)58-42-51(19-17-49-21-25-53(26-22-49)69-15-4-8-39-75-69)41-52(43-58)20-18-50-23-27-54(28-24-50)70-16-5-9-40-76-70;/h2-5,8-9,11-12,15-16,21-25,27,29,31-36,39-45,48H,6-7,10,13-14,17-20,37-38H2,1H3;/q-3;+3. The van der Waals surface area contributed by atoms with E-state index in [9.17, 15) is 10.5 Å². The number of nitriles is 2. The van der Waals surface area contributed by atoms with E-state index in [-0.39, 0.29) is 25.5 Å². The summed E-state index contributed by atoms with van der Waals surface area (Å²) < 4.78 is 0. The summed E-state index contributed by atoms with van der Waals surface area (Å²) in [4.78, 5) is 14.2. The Morgan fingerprint density at radius 1 is 0.449 bits per heavy atom. The van der Waals surface area contributed by atoms with E-state index >= 15 is 0 Å². The van der Waals surface area contributed by atoms with Crippen molar-refractivity contribution >= 4 is 0 Å². The minimum Gasteiger partial charge on any atom is -0.305 e. The Morgan fingerprint density at radius 2 is 1.05 bits per heavy atom. The predicted molar refractivity (Wildman–Crippen MR) is 309 cm³/mol. The summed E-state index contributed by atoms with van der Waals surface area (Å²) in [6.07, 6.45) is 16.8. The number of pyridine rings is 3. The molecule has 0 aliphatic heterocycles. The zero-order chi connectivity index (χ0) is 52.1. The predicted octanol–water partition coefficient (Wildman–Crippen LogP) is 16.6. The Labute approximate surface area is 472 Å². The topological polar surface area (TPSA) is 86.2 Å². The van der Waals surface area contributed by atoms with Crippen LogP contribution in [0.4, 0.5) is 0 Å². The smallest absolute Gasteiger partial charge is 0.305 e. The molecular formula is C72H56IrN5. The second kappa shape index (κ2) is 23.1.